The molecule has 1 nitrogen and oxygen atoms in total. The van der Waals surface area contributed by atoms with E-state index in [-0.39, 0.29) is 16.6 Å². The zero-order valence-corrected chi connectivity index (χ0v) is 24.7. The van der Waals surface area contributed by atoms with Crippen molar-refractivity contribution in [3.8, 4) is 33.4 Å². The quantitative estimate of drug-likeness (QED) is 0.236. The van der Waals surface area contributed by atoms with Crippen LogP contribution < -0.4 is 0 Å². The minimum Gasteiger partial charge on any atom is -0.289 e. The molecule has 4 aromatic carbocycles. The van der Waals surface area contributed by atoms with Crippen LogP contribution in [0.1, 0.15) is 90.8 Å². The van der Waals surface area contributed by atoms with Gasteiger partial charge in [0.05, 0.1) is 0 Å². The second-order valence-electron chi connectivity index (χ2n) is 13.4. The highest BCUT2D eigenvalue weighted by Crippen LogP contribution is 2.47. The fraction of sp³-hybridized carbons (Fsp3) is 0.324. The molecule has 0 heterocycles. The van der Waals surface area contributed by atoms with Crippen LogP contribution >= 0.6 is 0 Å². The lowest BCUT2D eigenvalue weighted by Crippen LogP contribution is -2.14. The average Bonchev–Trinajstić information content (AvgIpc) is 3.07. The molecular formula is C37H40O. The molecule has 1 aliphatic rings. The van der Waals surface area contributed by atoms with Gasteiger partial charge in [0.1, 0.15) is 0 Å². The van der Waals surface area contributed by atoms with Crippen LogP contribution in [0, 0.1) is 27.7 Å². The molecule has 0 unspecified atom stereocenters. The molecule has 0 N–H and O–H groups in total. The Balaban J connectivity index is 1.80. The number of hydrogen-bond donors (Lipinski definition) is 0. The molecule has 1 heteroatoms. The molecule has 0 spiro atoms. The van der Waals surface area contributed by atoms with Crippen molar-refractivity contribution < 1.29 is 4.79 Å². The SMILES string of the molecule is Cc1ccc(-c2cc3c(cc2C(C)(C)C)-c2cc(C(C)(C)C)c(-c4ccc(C)cc4C)cc2C3=O)c(C)c1. The van der Waals surface area contributed by atoms with Crippen LogP contribution in [-0.2, 0) is 10.8 Å². The molecule has 0 radical (unpaired) electrons. The van der Waals surface area contributed by atoms with E-state index >= 15 is 0 Å². The summed E-state index contributed by atoms with van der Waals surface area (Å²) in [7, 11) is 0. The lowest BCUT2D eigenvalue weighted by atomic mass is 9.77. The summed E-state index contributed by atoms with van der Waals surface area (Å²) in [4.78, 5) is 14.1. The highest BCUT2D eigenvalue weighted by Gasteiger charge is 2.33. The van der Waals surface area contributed by atoms with E-state index in [2.05, 4.69) is 130 Å². The highest BCUT2D eigenvalue weighted by atomic mass is 16.1. The zero-order chi connectivity index (χ0) is 27.7. The fourth-order valence-corrected chi connectivity index (χ4v) is 6.08. The minimum atomic E-state index is -0.0701. The topological polar surface area (TPSA) is 17.1 Å². The van der Waals surface area contributed by atoms with E-state index in [9.17, 15) is 4.79 Å². The largest absolute Gasteiger partial charge is 0.289 e. The summed E-state index contributed by atoms with van der Waals surface area (Å²) >= 11 is 0. The Labute approximate surface area is 229 Å². The molecule has 0 bridgehead atoms. The van der Waals surface area contributed by atoms with Crippen LogP contribution in [-0.4, -0.2) is 5.78 Å². The van der Waals surface area contributed by atoms with Gasteiger partial charge in [0.25, 0.3) is 0 Å². The van der Waals surface area contributed by atoms with Gasteiger partial charge in [0, 0.05) is 11.1 Å². The Morgan fingerprint density at radius 1 is 0.421 bits per heavy atom. The monoisotopic (exact) mass is 500 g/mol. The van der Waals surface area contributed by atoms with Crippen LogP contribution in [0.25, 0.3) is 33.4 Å². The number of fused-ring (bicyclic) bond motifs is 3. The molecule has 4 aromatic rings. The lowest BCUT2D eigenvalue weighted by molar-refractivity contribution is 0.104. The van der Waals surface area contributed by atoms with E-state index in [4.69, 9.17) is 0 Å². The average molecular weight is 501 g/mol. The van der Waals surface area contributed by atoms with Crippen molar-refractivity contribution in [3.05, 3.63) is 105 Å². The van der Waals surface area contributed by atoms with Gasteiger partial charge in [-0.3, -0.25) is 4.79 Å². The number of hydrogen-bond acceptors (Lipinski definition) is 1. The molecule has 38 heavy (non-hydrogen) atoms. The van der Waals surface area contributed by atoms with Crippen molar-refractivity contribution in [3.63, 3.8) is 0 Å². The van der Waals surface area contributed by atoms with Crippen LogP contribution in [0.4, 0.5) is 0 Å². The summed E-state index contributed by atoms with van der Waals surface area (Å²) in [6.45, 7) is 22.2. The summed E-state index contributed by atoms with van der Waals surface area (Å²) in [5, 5.41) is 0. The zero-order valence-electron chi connectivity index (χ0n) is 24.7. The normalized spacial score (nSPS) is 13.1. The van der Waals surface area contributed by atoms with E-state index in [1.807, 2.05) is 0 Å². The maximum absolute atomic E-state index is 14.1. The van der Waals surface area contributed by atoms with Crippen LogP contribution in [0.5, 0.6) is 0 Å². The minimum absolute atomic E-state index is 0.0701. The standard InChI is InChI=1S/C37H40O/c1-21-11-13-25(23(3)15-21)29-17-31-27(19-33(29)36(5,6)7)28-20-34(37(8,9)10)30(18-32(28)35(31)38)26-14-12-22(2)16-24(26)4/h11-20H,1-10H3. The molecule has 0 aromatic heterocycles. The van der Waals surface area contributed by atoms with Gasteiger partial charge >= 0.3 is 0 Å². The van der Waals surface area contributed by atoms with Gasteiger partial charge in [0.2, 0.25) is 0 Å². The van der Waals surface area contributed by atoms with Gasteiger partial charge in [0.15, 0.2) is 5.78 Å². The fourth-order valence-electron chi connectivity index (χ4n) is 6.08. The van der Waals surface area contributed by atoms with Crippen molar-refractivity contribution in [2.24, 2.45) is 0 Å². The summed E-state index contributed by atoms with van der Waals surface area (Å²) < 4.78 is 0. The Bertz CT molecular complexity index is 1500. The predicted octanol–water partition coefficient (Wildman–Crippen LogP) is 10.1. The number of carbonyl (C=O) groups excluding carboxylic acids is 1. The van der Waals surface area contributed by atoms with Gasteiger partial charge in [-0.05, 0) is 118 Å². The third-order valence-corrected chi connectivity index (χ3v) is 8.05. The van der Waals surface area contributed by atoms with Crippen molar-refractivity contribution in [1.82, 2.24) is 0 Å². The number of aryl methyl sites for hydroxylation is 4. The number of benzene rings is 4. The second kappa shape index (κ2) is 8.80. The summed E-state index contributed by atoms with van der Waals surface area (Å²) in [6.07, 6.45) is 0. The molecule has 5 rings (SSSR count). The molecule has 0 aliphatic heterocycles. The molecule has 0 amide bonds. The molecular weight excluding hydrogens is 460 g/mol. The molecule has 0 saturated carbocycles. The van der Waals surface area contributed by atoms with Gasteiger partial charge < -0.3 is 0 Å². The lowest BCUT2D eigenvalue weighted by Gasteiger charge is -2.26. The maximum atomic E-state index is 14.1. The molecule has 0 saturated heterocycles. The van der Waals surface area contributed by atoms with Crippen LogP contribution in [0.2, 0.25) is 0 Å². The van der Waals surface area contributed by atoms with E-state index < -0.39 is 0 Å². The summed E-state index contributed by atoms with van der Waals surface area (Å²) in [6, 6.07) is 22.2. The van der Waals surface area contributed by atoms with E-state index in [1.165, 1.54) is 55.6 Å². The maximum Gasteiger partial charge on any atom is 0.194 e. The molecule has 194 valence electrons. The van der Waals surface area contributed by atoms with E-state index in [0.29, 0.717) is 0 Å². The van der Waals surface area contributed by atoms with E-state index in [0.717, 1.165) is 22.3 Å². The number of carbonyl (C=O) groups is 1. The van der Waals surface area contributed by atoms with Gasteiger partial charge in [-0.15, -0.1) is 0 Å². The second-order valence-corrected chi connectivity index (χ2v) is 13.4. The van der Waals surface area contributed by atoms with Crippen LogP contribution in [0.3, 0.4) is 0 Å². The predicted molar refractivity (Wildman–Crippen MR) is 163 cm³/mol. The Morgan fingerprint density at radius 3 is 1.11 bits per heavy atom. The van der Waals surface area contributed by atoms with Gasteiger partial charge in [-0.25, -0.2) is 0 Å². The first kappa shape index (κ1) is 26.2. The summed E-state index contributed by atoms with van der Waals surface area (Å²) in [5.74, 6) is 0.132. The third-order valence-electron chi connectivity index (χ3n) is 8.05. The molecule has 0 atom stereocenters. The third kappa shape index (κ3) is 4.33. The van der Waals surface area contributed by atoms with Crippen LogP contribution in [0.15, 0.2) is 60.7 Å². The number of ketones is 1. The van der Waals surface area contributed by atoms with Crippen molar-refractivity contribution in [1.29, 1.82) is 0 Å². The van der Waals surface area contributed by atoms with Crippen molar-refractivity contribution >= 4 is 5.78 Å². The molecule has 1 aliphatic carbocycles. The summed E-state index contributed by atoms with van der Waals surface area (Å²) in [5.41, 5.74) is 15.9. The van der Waals surface area contributed by atoms with Crippen molar-refractivity contribution in [2.75, 3.05) is 0 Å². The number of rotatable bonds is 2. The first-order valence-electron chi connectivity index (χ1n) is 13.7. The Kier molecular flexibility index (Phi) is 6.06. The first-order valence-corrected chi connectivity index (χ1v) is 13.7. The van der Waals surface area contributed by atoms with E-state index in [1.54, 1.807) is 0 Å². The van der Waals surface area contributed by atoms with Gasteiger partial charge in [-0.2, -0.15) is 0 Å². The smallest absolute Gasteiger partial charge is 0.194 e. The van der Waals surface area contributed by atoms with Crippen molar-refractivity contribution in [2.45, 2.75) is 80.1 Å². The first-order chi connectivity index (χ1) is 17.7. The Hall–Kier alpha value is -3.45. The van der Waals surface area contributed by atoms with Gasteiger partial charge in [-0.1, -0.05) is 89.1 Å². The Morgan fingerprint density at radius 2 is 0.789 bits per heavy atom. The molecule has 0 fully saturated rings. The highest BCUT2D eigenvalue weighted by molar-refractivity contribution is 6.23.